The molecule has 0 radical (unpaired) electrons. The molecule has 0 saturated carbocycles. The fourth-order valence-corrected chi connectivity index (χ4v) is 7.47. The molecule has 11 nitrogen and oxygen atoms in total. The van der Waals surface area contributed by atoms with Gasteiger partial charge in [0.2, 0.25) is 0 Å². The monoisotopic (exact) mass is 588 g/mol. The van der Waals surface area contributed by atoms with Gasteiger partial charge < -0.3 is 24.6 Å². The van der Waals surface area contributed by atoms with Crippen molar-refractivity contribution in [3.63, 3.8) is 0 Å². The highest BCUT2D eigenvalue weighted by Gasteiger charge is 2.67. The zero-order valence-electron chi connectivity index (χ0n) is 24.4. The molecule has 2 aliphatic heterocycles. The summed E-state index contributed by atoms with van der Waals surface area (Å²) in [5, 5.41) is 3.40. The predicted octanol–water partition coefficient (Wildman–Crippen LogP) is 3.49. The maximum absolute atomic E-state index is 13.1. The second-order valence-corrected chi connectivity index (χ2v) is 24.0. The summed E-state index contributed by atoms with van der Waals surface area (Å²) in [5.74, 6) is 0.387. The maximum Gasteiger partial charge on any atom is 0.351 e. The highest BCUT2D eigenvalue weighted by Crippen LogP contribution is 2.52. The van der Waals surface area contributed by atoms with Gasteiger partial charge in [0.25, 0.3) is 10.1 Å². The molecule has 38 heavy (non-hydrogen) atoms. The first-order valence-corrected chi connectivity index (χ1v) is 20.0. The average Bonchev–Trinajstić information content (AvgIpc) is 3.17. The van der Waals surface area contributed by atoms with E-state index in [2.05, 4.69) is 64.9 Å². The van der Waals surface area contributed by atoms with Crippen molar-refractivity contribution >= 4 is 32.6 Å². The first-order valence-electron chi connectivity index (χ1n) is 12.8. The summed E-state index contributed by atoms with van der Waals surface area (Å²) < 4.78 is 52.5. The Hall–Kier alpha value is -1.56. The first kappa shape index (κ1) is 31.0. The van der Waals surface area contributed by atoms with E-state index in [1.165, 1.54) is 4.57 Å². The number of anilines is 1. The molecule has 1 aromatic heterocycles. The largest absolute Gasteiger partial charge is 0.414 e. The van der Waals surface area contributed by atoms with Gasteiger partial charge in [-0.05, 0) is 42.3 Å². The van der Waals surface area contributed by atoms with Gasteiger partial charge in [-0.1, -0.05) is 41.5 Å². The molecule has 0 aromatic carbocycles. The molecule has 1 aromatic rings. The minimum absolute atomic E-state index is 0.00515. The molecule has 1 unspecified atom stereocenters. The fraction of sp³-hybridized carbons (Fsp3) is 0.750. The van der Waals surface area contributed by atoms with Crippen LogP contribution in [0.4, 0.5) is 5.82 Å². The SMILES string of the molecule is CNc1ccn([C@@H]2O[C@H](CO[Si](C)(C)C(C)(C)C)C3(OS(=O)(=O)C=C3N)[C@H]2O[Si](C)(C)C(C)(C)C)c(=O)n1. The van der Waals surface area contributed by atoms with Crippen LogP contribution >= 0.6 is 0 Å². The second-order valence-electron chi connectivity index (χ2n) is 13.1. The molecular formula is C24H44N4O7SSi2. The van der Waals surface area contributed by atoms with Crippen molar-refractivity contribution in [1.29, 1.82) is 0 Å². The molecular weight excluding hydrogens is 545 g/mol. The topological polar surface area (TPSA) is 144 Å². The Morgan fingerprint density at radius 3 is 2.16 bits per heavy atom. The average molecular weight is 589 g/mol. The minimum atomic E-state index is -4.14. The van der Waals surface area contributed by atoms with Gasteiger partial charge in [0.1, 0.15) is 18.0 Å². The summed E-state index contributed by atoms with van der Waals surface area (Å²) in [6, 6.07) is 1.63. The lowest BCUT2D eigenvalue weighted by Crippen LogP contribution is -2.59. The minimum Gasteiger partial charge on any atom is -0.414 e. The van der Waals surface area contributed by atoms with Crippen LogP contribution < -0.4 is 16.7 Å². The van der Waals surface area contributed by atoms with Crippen LogP contribution in [0, 0.1) is 0 Å². The lowest BCUT2D eigenvalue weighted by Gasteiger charge is -2.43. The van der Waals surface area contributed by atoms with Crippen LogP contribution in [0.3, 0.4) is 0 Å². The van der Waals surface area contributed by atoms with Gasteiger partial charge in [-0.2, -0.15) is 13.4 Å². The number of nitrogens with one attached hydrogen (secondary N) is 1. The number of hydrogen-bond donors (Lipinski definition) is 2. The molecule has 1 spiro atoms. The van der Waals surface area contributed by atoms with Gasteiger partial charge >= 0.3 is 5.69 Å². The van der Waals surface area contributed by atoms with Gasteiger partial charge in [0, 0.05) is 13.2 Å². The van der Waals surface area contributed by atoms with Gasteiger partial charge in [-0.3, -0.25) is 4.57 Å². The number of ether oxygens (including phenoxy) is 1. The summed E-state index contributed by atoms with van der Waals surface area (Å²) in [6.07, 6.45) is -1.56. The summed E-state index contributed by atoms with van der Waals surface area (Å²) in [7, 11) is -7.36. The second kappa shape index (κ2) is 9.82. The van der Waals surface area contributed by atoms with Crippen molar-refractivity contribution in [3.8, 4) is 0 Å². The molecule has 0 bridgehead atoms. The van der Waals surface area contributed by atoms with Crippen molar-refractivity contribution < 1.29 is 26.2 Å². The third kappa shape index (κ3) is 5.53. The van der Waals surface area contributed by atoms with E-state index in [-0.39, 0.29) is 22.4 Å². The molecule has 3 N–H and O–H groups in total. The van der Waals surface area contributed by atoms with Gasteiger partial charge in [0.15, 0.2) is 28.5 Å². The van der Waals surface area contributed by atoms with Gasteiger partial charge in [-0.15, -0.1) is 0 Å². The van der Waals surface area contributed by atoms with Gasteiger partial charge in [0.05, 0.1) is 17.7 Å². The Morgan fingerprint density at radius 2 is 1.71 bits per heavy atom. The smallest absolute Gasteiger partial charge is 0.351 e. The Balaban J connectivity index is 2.20. The summed E-state index contributed by atoms with van der Waals surface area (Å²) in [5.41, 5.74) is 4.11. The molecule has 14 heteroatoms. The van der Waals surface area contributed by atoms with Crippen LogP contribution in [0.2, 0.25) is 36.3 Å². The molecule has 3 heterocycles. The highest BCUT2D eigenvalue weighted by molar-refractivity contribution is 7.90. The molecule has 4 atom stereocenters. The zero-order valence-corrected chi connectivity index (χ0v) is 27.2. The Kier molecular flexibility index (Phi) is 8.00. The first-order chi connectivity index (χ1) is 17.1. The fourth-order valence-electron chi connectivity index (χ4n) is 3.96. The van der Waals surface area contributed by atoms with Crippen molar-refractivity contribution in [2.45, 2.75) is 102 Å². The Bertz CT molecular complexity index is 1250. The van der Waals surface area contributed by atoms with Crippen molar-refractivity contribution in [2.75, 3.05) is 19.0 Å². The van der Waals surface area contributed by atoms with Gasteiger partial charge in [-0.25, -0.2) is 8.98 Å². The summed E-state index contributed by atoms with van der Waals surface area (Å²) in [6.45, 7) is 20.8. The number of nitrogens with two attached hydrogens (primary N) is 1. The predicted molar refractivity (Wildman–Crippen MR) is 152 cm³/mol. The van der Waals surface area contributed by atoms with Crippen LogP contribution in [0.15, 0.2) is 28.2 Å². The molecule has 3 rings (SSSR count). The molecule has 216 valence electrons. The van der Waals surface area contributed by atoms with Crippen LogP contribution in [0.25, 0.3) is 0 Å². The quantitative estimate of drug-likeness (QED) is 0.359. The zero-order chi connectivity index (χ0) is 29.1. The van der Waals surface area contributed by atoms with Crippen molar-refractivity contribution in [1.82, 2.24) is 9.55 Å². The van der Waals surface area contributed by atoms with E-state index >= 15 is 0 Å². The number of nitrogens with zero attached hydrogens (tertiary/aromatic N) is 2. The van der Waals surface area contributed by atoms with E-state index in [1.54, 1.807) is 19.3 Å². The van der Waals surface area contributed by atoms with Crippen LogP contribution in [-0.2, 0) is 27.9 Å². The number of hydrogen-bond acceptors (Lipinski definition) is 10. The van der Waals surface area contributed by atoms with Crippen LogP contribution in [-0.4, -0.2) is 66.1 Å². The standard InChI is InChI=1S/C24H44N4O7SSi2/c1-22(2,3)37(8,9)32-14-17-24(16(25)15-36(30,31)35-24)19(34-38(10,11)23(4,5)6)20(33-17)28-13-12-18(26-7)27-21(28)29/h12-13,15,17,19-20H,14,25H2,1-11H3,(H,26,27,29)/t17-,19+,20-,24?/m1/s1. The lowest BCUT2D eigenvalue weighted by molar-refractivity contribution is -0.0562. The molecule has 2 aliphatic rings. The lowest BCUT2D eigenvalue weighted by atomic mass is 9.89. The molecule has 1 saturated heterocycles. The third-order valence-electron chi connectivity index (χ3n) is 8.43. The van der Waals surface area contributed by atoms with E-state index < -0.39 is 56.5 Å². The van der Waals surface area contributed by atoms with Crippen molar-refractivity contribution in [3.05, 3.63) is 33.9 Å². The Labute approximate surface area is 228 Å². The summed E-state index contributed by atoms with van der Waals surface area (Å²) >= 11 is 0. The van der Waals surface area contributed by atoms with Crippen LogP contribution in [0.5, 0.6) is 0 Å². The van der Waals surface area contributed by atoms with Crippen LogP contribution in [0.1, 0.15) is 47.8 Å². The normalized spacial score (nSPS) is 28.1. The molecule has 0 aliphatic carbocycles. The maximum atomic E-state index is 13.1. The highest BCUT2D eigenvalue weighted by atomic mass is 32.2. The molecule has 0 amide bonds. The number of aromatic nitrogens is 2. The summed E-state index contributed by atoms with van der Waals surface area (Å²) in [4.78, 5) is 17.2. The molecule has 1 fully saturated rings. The number of rotatable bonds is 7. The van der Waals surface area contributed by atoms with E-state index in [4.69, 9.17) is 23.5 Å². The van der Waals surface area contributed by atoms with E-state index in [9.17, 15) is 13.2 Å². The van der Waals surface area contributed by atoms with Crippen molar-refractivity contribution in [2.24, 2.45) is 5.73 Å². The Morgan fingerprint density at radius 1 is 1.13 bits per heavy atom. The third-order valence-corrected chi connectivity index (χ3v) is 18.4. The van der Waals surface area contributed by atoms with E-state index in [0.717, 1.165) is 5.41 Å². The van der Waals surface area contributed by atoms with E-state index in [0.29, 0.717) is 5.82 Å². The van der Waals surface area contributed by atoms with E-state index in [1.807, 2.05) is 13.1 Å².